The molecule has 0 atom stereocenters. The van der Waals surface area contributed by atoms with E-state index >= 15 is 0 Å². The van der Waals surface area contributed by atoms with Crippen LogP contribution in [0.25, 0.3) is 0 Å². The Morgan fingerprint density at radius 3 is 1.53 bits per heavy atom. The first-order valence-electron chi connectivity index (χ1n) is 3.69. The van der Waals surface area contributed by atoms with Crippen molar-refractivity contribution < 1.29 is 34.4 Å². The van der Waals surface area contributed by atoms with Crippen molar-refractivity contribution in [2.24, 2.45) is 0 Å². The van der Waals surface area contributed by atoms with Gasteiger partial charge in [0, 0.05) is 0 Å². The number of carbonyl (C=O) groups is 3. The molecule has 0 aromatic heterocycles. The summed E-state index contributed by atoms with van der Waals surface area (Å²) in [5.41, 5.74) is -2.47. The Hall–Kier alpha value is 1.37. The summed E-state index contributed by atoms with van der Waals surface area (Å²) in [6, 6.07) is 0. The van der Waals surface area contributed by atoms with E-state index in [0.29, 0.717) is 0 Å². The maximum absolute atomic E-state index is 10.6. The summed E-state index contributed by atoms with van der Waals surface area (Å²) in [7, 11) is 0. The molecular formula is C7H13Na3O7. The molecule has 0 aromatic carbocycles. The van der Waals surface area contributed by atoms with Gasteiger partial charge in [0.25, 0.3) is 5.60 Å². The molecule has 0 aliphatic carbocycles. The van der Waals surface area contributed by atoms with Crippen LogP contribution in [0.2, 0.25) is 0 Å². The zero-order valence-electron chi connectivity index (χ0n) is 7.39. The molecule has 17 heavy (non-hydrogen) atoms. The second-order valence-electron chi connectivity index (χ2n) is 2.47. The van der Waals surface area contributed by atoms with Gasteiger partial charge in [-0.05, 0) is 6.42 Å². The fourth-order valence-corrected chi connectivity index (χ4v) is 0.804. The Bertz CT molecular complexity index is 254. The van der Waals surface area contributed by atoms with Crippen LogP contribution < -0.4 is 0 Å². The third kappa shape index (κ3) is 8.20. The van der Waals surface area contributed by atoms with E-state index in [2.05, 4.69) is 4.74 Å². The van der Waals surface area contributed by atoms with Gasteiger partial charge in [-0.15, -0.1) is 0 Å². The summed E-state index contributed by atoms with van der Waals surface area (Å²) < 4.78 is 4.36. The Labute approximate surface area is 164 Å². The molecule has 3 N–H and O–H groups in total. The molecule has 0 fully saturated rings. The van der Waals surface area contributed by atoms with E-state index in [1.54, 1.807) is 0 Å². The summed E-state index contributed by atoms with van der Waals surface area (Å²) >= 11 is 0. The minimum atomic E-state index is -2.47. The van der Waals surface area contributed by atoms with E-state index in [4.69, 9.17) is 15.3 Å². The van der Waals surface area contributed by atoms with Gasteiger partial charge in [-0.3, -0.25) is 0 Å². The first-order chi connectivity index (χ1) is 6.36. The van der Waals surface area contributed by atoms with Crippen molar-refractivity contribution in [3.63, 3.8) is 0 Å². The van der Waals surface area contributed by atoms with Gasteiger partial charge in [0.15, 0.2) is 0 Å². The Kier molecular flexibility index (Phi) is 19.6. The molecule has 0 saturated heterocycles. The fourth-order valence-electron chi connectivity index (χ4n) is 0.804. The first kappa shape index (κ1) is 26.8. The average Bonchev–Trinajstić information content (AvgIpc) is 2.04. The first-order valence-corrected chi connectivity index (χ1v) is 3.69. The zero-order chi connectivity index (χ0) is 11.4. The Morgan fingerprint density at radius 2 is 1.35 bits per heavy atom. The minimum absolute atomic E-state index is 0. The van der Waals surface area contributed by atoms with Crippen molar-refractivity contribution in [2.45, 2.75) is 18.9 Å². The summed E-state index contributed by atoms with van der Waals surface area (Å²) in [6.45, 7) is 0.316. The summed E-state index contributed by atoms with van der Waals surface area (Å²) in [4.78, 5) is 31.3. The third-order valence-electron chi connectivity index (χ3n) is 1.63. The molecular weight excluding hydrogens is 265 g/mol. The maximum atomic E-state index is 10.6. The summed E-state index contributed by atoms with van der Waals surface area (Å²) in [5.74, 6) is -4.85. The molecule has 0 saturated carbocycles. The molecule has 0 aliphatic rings. The predicted octanol–water partition coefficient (Wildman–Crippen LogP) is -2.54. The molecule has 0 spiro atoms. The van der Waals surface area contributed by atoms with Crippen LogP contribution in [-0.2, 0) is 19.1 Å². The van der Waals surface area contributed by atoms with E-state index in [0.717, 1.165) is 0 Å². The summed E-state index contributed by atoms with van der Waals surface area (Å²) in [5, 5.41) is 25.4. The van der Waals surface area contributed by atoms with Crippen molar-refractivity contribution in [3.05, 3.63) is 0 Å². The van der Waals surface area contributed by atoms with E-state index in [9.17, 15) is 14.4 Å². The van der Waals surface area contributed by atoms with Gasteiger partial charge in [-0.25, -0.2) is 14.4 Å². The quantitative estimate of drug-likeness (QED) is 0.361. The van der Waals surface area contributed by atoms with Crippen LogP contribution in [0, 0.1) is 0 Å². The number of hydrogen-bond donors (Lipinski definition) is 3. The average molecular weight is 278 g/mol. The molecule has 0 bridgehead atoms. The number of carboxylic acids is 3. The monoisotopic (exact) mass is 278 g/mol. The Balaban J connectivity index is -0.000000282. The second-order valence-corrected chi connectivity index (χ2v) is 2.47. The molecule has 0 radical (unpaired) electrons. The van der Waals surface area contributed by atoms with Crippen molar-refractivity contribution in [1.29, 1.82) is 0 Å². The molecule has 86 valence electrons. The van der Waals surface area contributed by atoms with Gasteiger partial charge >= 0.3 is 107 Å². The molecule has 0 aliphatic heterocycles. The van der Waals surface area contributed by atoms with E-state index in [-0.39, 0.29) is 95.1 Å². The van der Waals surface area contributed by atoms with Crippen LogP contribution in [0.15, 0.2) is 0 Å². The second kappa shape index (κ2) is 12.4. The van der Waals surface area contributed by atoms with Gasteiger partial charge in [-0.2, -0.15) is 0 Å². The molecule has 10 heteroatoms. The van der Waals surface area contributed by atoms with Gasteiger partial charge in [0.2, 0.25) is 0 Å². The normalized spacial score (nSPS) is 9.00. The standard InChI is InChI=1S/C7H10O7.3Na.3H/c1-2-7(5(10)11,6(12)13)14-3-4(8)9;;;;;;/h2-3H2,1H3,(H,8,9)(H,10,11)(H,12,13);;;;;;. The van der Waals surface area contributed by atoms with Crippen LogP contribution in [-0.4, -0.2) is 134 Å². The predicted molar refractivity (Wildman–Crippen MR) is 63.3 cm³/mol. The van der Waals surface area contributed by atoms with Crippen molar-refractivity contribution in [1.82, 2.24) is 0 Å². The van der Waals surface area contributed by atoms with E-state index < -0.39 is 30.1 Å². The van der Waals surface area contributed by atoms with Crippen LogP contribution in [0.1, 0.15) is 13.3 Å². The summed E-state index contributed by atoms with van der Waals surface area (Å²) in [6.07, 6.45) is -0.356. The van der Waals surface area contributed by atoms with Gasteiger partial charge in [-0.1, -0.05) is 6.92 Å². The van der Waals surface area contributed by atoms with Gasteiger partial charge in [0.1, 0.15) is 6.61 Å². The molecule has 0 aromatic rings. The Morgan fingerprint density at radius 1 is 1.00 bits per heavy atom. The van der Waals surface area contributed by atoms with Crippen molar-refractivity contribution >= 4 is 107 Å². The van der Waals surface area contributed by atoms with Crippen molar-refractivity contribution in [3.8, 4) is 0 Å². The molecule has 7 nitrogen and oxygen atoms in total. The molecule has 0 rings (SSSR count). The van der Waals surface area contributed by atoms with Gasteiger partial charge in [0.05, 0.1) is 0 Å². The van der Waals surface area contributed by atoms with E-state index in [1.807, 2.05) is 0 Å². The molecule has 0 amide bonds. The fraction of sp³-hybridized carbons (Fsp3) is 0.571. The SMILES string of the molecule is CCC(OCC(=O)O)(C(=O)O)C(=O)O.[NaH].[NaH].[NaH]. The number of carboxylic acid groups (broad SMARTS) is 3. The topological polar surface area (TPSA) is 121 Å². The zero-order valence-corrected chi connectivity index (χ0v) is 7.39. The van der Waals surface area contributed by atoms with Crippen LogP contribution in [0.4, 0.5) is 0 Å². The number of rotatable bonds is 6. The van der Waals surface area contributed by atoms with Crippen LogP contribution in [0.5, 0.6) is 0 Å². The van der Waals surface area contributed by atoms with Gasteiger partial charge < -0.3 is 20.1 Å². The van der Waals surface area contributed by atoms with Crippen molar-refractivity contribution in [2.75, 3.05) is 6.61 Å². The molecule has 0 unspecified atom stereocenters. The van der Waals surface area contributed by atoms with Crippen LogP contribution >= 0.6 is 0 Å². The third-order valence-corrected chi connectivity index (χ3v) is 1.63. The van der Waals surface area contributed by atoms with E-state index in [1.165, 1.54) is 6.92 Å². The molecule has 0 heterocycles. The van der Waals surface area contributed by atoms with Crippen LogP contribution in [0.3, 0.4) is 0 Å². The number of aliphatic carboxylic acids is 3. The number of hydrogen-bond acceptors (Lipinski definition) is 4. The number of ether oxygens (including phenoxy) is 1.